The van der Waals surface area contributed by atoms with E-state index in [1.807, 2.05) is 30.3 Å². The Morgan fingerprint density at radius 3 is 2.46 bits per heavy atom. The third-order valence-corrected chi connectivity index (χ3v) is 7.06. The van der Waals surface area contributed by atoms with Gasteiger partial charge in [-0.15, -0.1) is 11.3 Å². The number of hydrogen-bond acceptors (Lipinski definition) is 6. The van der Waals surface area contributed by atoms with Crippen molar-refractivity contribution in [3.63, 3.8) is 0 Å². The Morgan fingerprint density at radius 2 is 1.89 bits per heavy atom. The SMILES string of the molecule is CC.CC(C)C1CCC2(CC1)CC(C(=O)N1CCN(c3nccs3)CC1)=NO2. The van der Waals surface area contributed by atoms with Crippen LogP contribution in [0.15, 0.2) is 16.7 Å². The van der Waals surface area contributed by atoms with E-state index in [0.717, 1.165) is 56.0 Å². The van der Waals surface area contributed by atoms with Crippen molar-refractivity contribution in [3.8, 4) is 0 Å². The van der Waals surface area contributed by atoms with Crippen LogP contribution in [0.25, 0.3) is 0 Å². The second kappa shape index (κ2) is 9.25. The Bertz CT molecular complexity index is 658. The first kappa shape index (κ1) is 21.1. The molecule has 1 aliphatic carbocycles. The van der Waals surface area contributed by atoms with Crippen molar-refractivity contribution in [1.82, 2.24) is 9.88 Å². The third-order valence-electron chi connectivity index (χ3n) is 6.23. The minimum absolute atomic E-state index is 0.0617. The molecule has 28 heavy (non-hydrogen) atoms. The molecule has 3 heterocycles. The zero-order valence-corrected chi connectivity index (χ0v) is 18.5. The summed E-state index contributed by atoms with van der Waals surface area (Å²) in [4.78, 5) is 27.2. The number of hydrogen-bond donors (Lipinski definition) is 0. The van der Waals surface area contributed by atoms with E-state index in [0.29, 0.717) is 12.1 Å². The zero-order valence-electron chi connectivity index (χ0n) is 17.7. The summed E-state index contributed by atoms with van der Waals surface area (Å²) in [5, 5.41) is 7.26. The molecule has 0 aromatic carbocycles. The van der Waals surface area contributed by atoms with Crippen LogP contribution in [0.5, 0.6) is 0 Å². The van der Waals surface area contributed by atoms with Crippen molar-refractivity contribution in [3.05, 3.63) is 11.6 Å². The minimum Gasteiger partial charge on any atom is -0.388 e. The van der Waals surface area contributed by atoms with Gasteiger partial charge in [0.1, 0.15) is 11.3 Å². The van der Waals surface area contributed by atoms with Crippen LogP contribution in [0.3, 0.4) is 0 Å². The average molecular weight is 407 g/mol. The number of anilines is 1. The Kier molecular flexibility index (Phi) is 6.96. The molecular weight excluding hydrogens is 372 g/mol. The van der Waals surface area contributed by atoms with Crippen molar-refractivity contribution < 1.29 is 9.63 Å². The number of carbonyl (C=O) groups is 1. The van der Waals surface area contributed by atoms with Gasteiger partial charge in [-0.05, 0) is 37.5 Å². The summed E-state index contributed by atoms with van der Waals surface area (Å²) in [6, 6.07) is 0. The molecular formula is C21H34N4O2S. The first-order valence-corrected chi connectivity index (χ1v) is 11.6. The Balaban J connectivity index is 0.00000109. The normalized spacial score (nSPS) is 27.3. The number of rotatable bonds is 3. The van der Waals surface area contributed by atoms with Crippen LogP contribution >= 0.6 is 11.3 Å². The molecule has 6 nitrogen and oxygen atoms in total. The summed E-state index contributed by atoms with van der Waals surface area (Å²) in [5.74, 6) is 1.57. The summed E-state index contributed by atoms with van der Waals surface area (Å²) in [5.41, 5.74) is 0.412. The number of thiazole rings is 1. The smallest absolute Gasteiger partial charge is 0.271 e. The lowest BCUT2D eigenvalue weighted by Crippen LogP contribution is -2.51. The van der Waals surface area contributed by atoms with Crippen molar-refractivity contribution in [2.24, 2.45) is 17.0 Å². The van der Waals surface area contributed by atoms with Crippen molar-refractivity contribution >= 4 is 28.1 Å². The van der Waals surface area contributed by atoms with Gasteiger partial charge in [-0.25, -0.2) is 4.98 Å². The monoisotopic (exact) mass is 406 g/mol. The quantitative estimate of drug-likeness (QED) is 0.756. The molecule has 2 aliphatic heterocycles. The van der Waals surface area contributed by atoms with Crippen LogP contribution in [0.4, 0.5) is 5.13 Å². The van der Waals surface area contributed by atoms with Gasteiger partial charge in [-0.3, -0.25) is 4.79 Å². The summed E-state index contributed by atoms with van der Waals surface area (Å²) in [6.45, 7) is 11.7. The number of piperazine rings is 1. The number of amides is 1. The summed E-state index contributed by atoms with van der Waals surface area (Å²) >= 11 is 1.65. The van der Waals surface area contributed by atoms with Crippen molar-refractivity contribution in [2.45, 2.75) is 65.4 Å². The highest BCUT2D eigenvalue weighted by atomic mass is 32.1. The molecule has 4 rings (SSSR count). The zero-order chi connectivity index (χ0) is 20.1. The topological polar surface area (TPSA) is 58.0 Å². The molecule has 7 heteroatoms. The van der Waals surface area contributed by atoms with Gasteiger partial charge in [-0.2, -0.15) is 0 Å². The maximum absolute atomic E-state index is 12.9. The van der Waals surface area contributed by atoms with E-state index in [2.05, 4.69) is 28.9 Å². The standard InChI is InChI=1S/C19H28N4O2S.C2H6/c1-14(2)15-3-5-19(6-4-15)13-16(21-25-19)17(24)22-8-10-23(11-9-22)18-20-7-12-26-18;1-2/h7,12,14-15H,3-6,8-11,13H2,1-2H3;1-2H3. The molecule has 1 amide bonds. The Hall–Kier alpha value is -1.63. The van der Waals surface area contributed by atoms with Crippen LogP contribution in [0.2, 0.25) is 0 Å². The number of oxime groups is 1. The molecule has 0 bridgehead atoms. The number of nitrogens with zero attached hydrogens (tertiary/aromatic N) is 4. The van der Waals surface area contributed by atoms with Crippen LogP contribution in [-0.4, -0.2) is 53.3 Å². The van der Waals surface area contributed by atoms with E-state index >= 15 is 0 Å². The van der Waals surface area contributed by atoms with Crippen LogP contribution in [0.1, 0.15) is 59.8 Å². The lowest BCUT2D eigenvalue weighted by Gasteiger charge is -2.37. The molecule has 1 aromatic rings. The predicted molar refractivity (Wildman–Crippen MR) is 115 cm³/mol. The highest BCUT2D eigenvalue weighted by Gasteiger charge is 2.45. The van der Waals surface area contributed by atoms with Crippen LogP contribution in [-0.2, 0) is 9.63 Å². The highest BCUT2D eigenvalue weighted by Crippen LogP contribution is 2.42. The molecule has 1 spiro atoms. The maximum Gasteiger partial charge on any atom is 0.271 e. The molecule has 3 aliphatic rings. The molecule has 2 fully saturated rings. The average Bonchev–Trinajstić information content (AvgIpc) is 3.40. The number of carbonyl (C=O) groups excluding carboxylic acids is 1. The van der Waals surface area contributed by atoms with Crippen molar-refractivity contribution in [1.29, 1.82) is 0 Å². The van der Waals surface area contributed by atoms with Crippen LogP contribution < -0.4 is 4.90 Å². The predicted octanol–water partition coefficient (Wildman–Crippen LogP) is 4.18. The molecule has 1 saturated carbocycles. The molecule has 0 unspecified atom stereocenters. The first-order chi connectivity index (χ1) is 13.6. The van der Waals surface area contributed by atoms with Gasteiger partial charge in [0.2, 0.25) is 0 Å². The van der Waals surface area contributed by atoms with E-state index in [9.17, 15) is 4.79 Å². The van der Waals surface area contributed by atoms with E-state index < -0.39 is 0 Å². The first-order valence-electron chi connectivity index (χ1n) is 10.8. The van der Waals surface area contributed by atoms with Crippen LogP contribution in [0, 0.1) is 11.8 Å². The van der Waals surface area contributed by atoms with Gasteiger partial charge in [0, 0.05) is 44.2 Å². The van der Waals surface area contributed by atoms with E-state index in [1.54, 1.807) is 11.3 Å². The van der Waals surface area contributed by atoms with E-state index in [1.165, 1.54) is 12.8 Å². The molecule has 0 N–H and O–H groups in total. The summed E-state index contributed by atoms with van der Waals surface area (Å²) in [7, 11) is 0. The van der Waals surface area contributed by atoms with Gasteiger partial charge in [-0.1, -0.05) is 32.9 Å². The molecule has 0 atom stereocenters. The minimum atomic E-state index is -0.209. The molecule has 0 radical (unpaired) electrons. The fourth-order valence-electron chi connectivity index (χ4n) is 4.39. The van der Waals surface area contributed by atoms with Crippen molar-refractivity contribution in [2.75, 3.05) is 31.1 Å². The molecule has 156 valence electrons. The van der Waals surface area contributed by atoms with Gasteiger partial charge < -0.3 is 14.6 Å². The third kappa shape index (κ3) is 4.50. The van der Waals surface area contributed by atoms with Gasteiger partial charge in [0.25, 0.3) is 5.91 Å². The largest absolute Gasteiger partial charge is 0.388 e. The fourth-order valence-corrected chi connectivity index (χ4v) is 5.09. The molecule has 1 saturated heterocycles. The highest BCUT2D eigenvalue weighted by molar-refractivity contribution is 7.13. The van der Waals surface area contributed by atoms with Gasteiger partial charge >= 0.3 is 0 Å². The lowest BCUT2D eigenvalue weighted by atomic mass is 9.73. The van der Waals surface area contributed by atoms with E-state index in [-0.39, 0.29) is 11.5 Å². The lowest BCUT2D eigenvalue weighted by molar-refractivity contribution is -0.124. The summed E-state index contributed by atoms with van der Waals surface area (Å²) < 4.78 is 0. The van der Waals surface area contributed by atoms with Gasteiger partial charge in [0.05, 0.1) is 0 Å². The van der Waals surface area contributed by atoms with Gasteiger partial charge in [0.15, 0.2) is 5.13 Å². The van der Waals surface area contributed by atoms with E-state index in [4.69, 9.17) is 4.84 Å². The second-order valence-electron chi connectivity index (χ2n) is 8.16. The maximum atomic E-state index is 12.9. The second-order valence-corrected chi connectivity index (χ2v) is 9.04. The number of aromatic nitrogens is 1. The summed E-state index contributed by atoms with van der Waals surface area (Å²) in [6.07, 6.45) is 6.92. The Morgan fingerprint density at radius 1 is 1.21 bits per heavy atom. The fraction of sp³-hybridized carbons (Fsp3) is 0.762. The Labute approximate surface area is 172 Å². The molecule has 1 aromatic heterocycles.